The lowest BCUT2D eigenvalue weighted by Gasteiger charge is -2.43. The molecule has 0 aliphatic carbocycles. The molecule has 11 heteroatoms. The van der Waals surface area contributed by atoms with Crippen molar-refractivity contribution in [3.8, 4) is 5.75 Å². The maximum atomic E-state index is 14.2. The van der Waals surface area contributed by atoms with Crippen LogP contribution in [0.15, 0.2) is 48.5 Å². The Kier molecular flexibility index (Phi) is 8.82. The largest absolute Gasteiger partial charge is 0.488 e. The van der Waals surface area contributed by atoms with E-state index in [1.54, 1.807) is 0 Å². The number of nitrogens with one attached hydrogen (secondary N) is 3. The van der Waals surface area contributed by atoms with Crippen LogP contribution in [-0.2, 0) is 20.8 Å². The highest BCUT2D eigenvalue weighted by atomic mass is 19.1. The van der Waals surface area contributed by atoms with E-state index in [1.807, 2.05) is 30.3 Å². The van der Waals surface area contributed by atoms with Crippen LogP contribution in [0.4, 0.5) is 8.78 Å². The zero-order valence-electron chi connectivity index (χ0n) is 21.6. The Morgan fingerprint density at radius 1 is 1.18 bits per heavy atom. The fourth-order valence-electron chi connectivity index (χ4n) is 4.31. The van der Waals surface area contributed by atoms with E-state index >= 15 is 0 Å². The highest BCUT2D eigenvalue weighted by Gasteiger charge is 2.48. The predicted octanol–water partition coefficient (Wildman–Crippen LogP) is 1.79. The Hall–Kier alpha value is -3.86. The molecule has 38 heavy (non-hydrogen) atoms. The van der Waals surface area contributed by atoms with Gasteiger partial charge in [0.1, 0.15) is 23.9 Å². The summed E-state index contributed by atoms with van der Waals surface area (Å²) >= 11 is 0. The first kappa shape index (κ1) is 28.7. The number of carbonyl (C=O) groups excluding carboxylic acids is 3. The highest BCUT2D eigenvalue weighted by molar-refractivity contribution is 6.09. The summed E-state index contributed by atoms with van der Waals surface area (Å²) in [5, 5.41) is 13.8. The van der Waals surface area contributed by atoms with E-state index in [1.165, 1.54) is 25.8 Å². The summed E-state index contributed by atoms with van der Waals surface area (Å²) in [5.41, 5.74) is 4.26. The van der Waals surface area contributed by atoms with Crippen molar-refractivity contribution in [3.05, 3.63) is 65.7 Å². The molecule has 2 atom stereocenters. The van der Waals surface area contributed by atoms with Crippen LogP contribution >= 0.6 is 0 Å². The Balaban J connectivity index is 1.89. The minimum Gasteiger partial charge on any atom is -0.488 e. The smallest absolute Gasteiger partial charge is 0.248 e. The molecule has 0 aromatic heterocycles. The fraction of sp³-hybridized carbons (Fsp3) is 0.407. The average Bonchev–Trinajstić information content (AvgIpc) is 2.87. The van der Waals surface area contributed by atoms with Crippen LogP contribution in [0.25, 0.3) is 0 Å². The number of halogens is 2. The minimum atomic E-state index is -1.33. The van der Waals surface area contributed by atoms with Crippen molar-refractivity contribution >= 4 is 23.4 Å². The van der Waals surface area contributed by atoms with Crippen LogP contribution in [0, 0.1) is 22.5 Å². The van der Waals surface area contributed by atoms with E-state index < -0.39 is 53.0 Å². The van der Waals surface area contributed by atoms with Crippen molar-refractivity contribution in [2.24, 2.45) is 11.1 Å². The van der Waals surface area contributed by atoms with Crippen LogP contribution < -0.4 is 21.1 Å². The number of piperidine rings is 1. The molecule has 0 radical (unpaired) electrons. The van der Waals surface area contributed by atoms with Crippen molar-refractivity contribution in [3.63, 3.8) is 0 Å². The van der Waals surface area contributed by atoms with Gasteiger partial charge in [0.25, 0.3) is 0 Å². The van der Waals surface area contributed by atoms with Crippen molar-refractivity contribution in [1.29, 1.82) is 5.41 Å². The van der Waals surface area contributed by atoms with Crippen LogP contribution in [0.5, 0.6) is 5.75 Å². The van der Waals surface area contributed by atoms with Gasteiger partial charge in [-0.25, -0.2) is 8.78 Å². The predicted molar refractivity (Wildman–Crippen MR) is 138 cm³/mol. The van der Waals surface area contributed by atoms with E-state index in [0.717, 1.165) is 17.7 Å². The Morgan fingerprint density at radius 3 is 2.47 bits per heavy atom. The van der Waals surface area contributed by atoms with Crippen LogP contribution in [0.1, 0.15) is 25.8 Å². The molecule has 5 N–H and O–H groups in total. The van der Waals surface area contributed by atoms with Gasteiger partial charge in [0.2, 0.25) is 17.7 Å². The summed E-state index contributed by atoms with van der Waals surface area (Å²) in [6.45, 7) is 2.48. The summed E-state index contributed by atoms with van der Waals surface area (Å²) < 4.78 is 32.9. The van der Waals surface area contributed by atoms with Crippen LogP contribution in [0.3, 0.4) is 0 Å². The molecule has 0 bridgehead atoms. The number of hydrogen-bond donors (Lipinski definition) is 4. The summed E-state index contributed by atoms with van der Waals surface area (Å²) in [6, 6.07) is 10.6. The van der Waals surface area contributed by atoms with Crippen molar-refractivity contribution in [2.45, 2.75) is 38.3 Å². The molecule has 2 aromatic carbocycles. The number of carbonyl (C=O) groups is 3. The normalized spacial score (nSPS) is 18.5. The molecule has 0 spiro atoms. The van der Waals surface area contributed by atoms with Gasteiger partial charge < -0.3 is 31.4 Å². The molecule has 204 valence electrons. The number of nitrogens with zero attached hydrogens (tertiary/aromatic N) is 1. The third-order valence-corrected chi connectivity index (χ3v) is 6.48. The second-order valence-corrected chi connectivity index (χ2v) is 9.95. The van der Waals surface area contributed by atoms with Crippen molar-refractivity contribution in [1.82, 2.24) is 15.5 Å². The molecule has 9 nitrogen and oxygen atoms in total. The molecule has 3 rings (SSSR count). The van der Waals surface area contributed by atoms with E-state index in [0.29, 0.717) is 6.07 Å². The highest BCUT2D eigenvalue weighted by Crippen LogP contribution is 2.32. The zero-order chi connectivity index (χ0) is 28.1. The van der Waals surface area contributed by atoms with E-state index in [2.05, 4.69) is 10.6 Å². The first-order valence-corrected chi connectivity index (χ1v) is 12.2. The zero-order valence-corrected chi connectivity index (χ0v) is 21.6. The first-order valence-electron chi connectivity index (χ1n) is 12.2. The lowest BCUT2D eigenvalue weighted by atomic mass is 9.72. The number of benzene rings is 2. The monoisotopic (exact) mass is 529 g/mol. The fourth-order valence-corrected chi connectivity index (χ4v) is 4.31. The van der Waals surface area contributed by atoms with E-state index in [-0.39, 0.29) is 37.4 Å². The SMILES string of the molecule is CNC(=O)[C@]1(Cc2ccccc2)CN(C(=O)[C@@H](COc2ccc(F)cc2F)NC(=O)C(C)(C)N)CCC1=N. The van der Waals surface area contributed by atoms with Gasteiger partial charge in [-0.1, -0.05) is 30.3 Å². The van der Waals surface area contributed by atoms with Gasteiger partial charge in [0.15, 0.2) is 11.6 Å². The van der Waals surface area contributed by atoms with Crippen LogP contribution in [-0.4, -0.2) is 66.7 Å². The summed E-state index contributed by atoms with van der Waals surface area (Å²) in [7, 11) is 1.47. The number of ether oxygens (including phenoxy) is 1. The van der Waals surface area contributed by atoms with Gasteiger partial charge in [-0.15, -0.1) is 0 Å². The Bertz CT molecular complexity index is 1190. The van der Waals surface area contributed by atoms with Gasteiger partial charge in [-0.3, -0.25) is 14.4 Å². The second kappa shape index (κ2) is 11.7. The molecule has 1 aliphatic heterocycles. The second-order valence-electron chi connectivity index (χ2n) is 9.95. The molecule has 1 aliphatic rings. The molecule has 3 amide bonds. The molecule has 1 saturated heterocycles. The number of amides is 3. The summed E-state index contributed by atoms with van der Waals surface area (Å²) in [4.78, 5) is 40.9. The summed E-state index contributed by atoms with van der Waals surface area (Å²) in [6.07, 6.45) is 0.336. The number of nitrogens with two attached hydrogens (primary N) is 1. The van der Waals surface area contributed by atoms with Crippen molar-refractivity contribution in [2.75, 3.05) is 26.7 Å². The first-order chi connectivity index (χ1) is 17.9. The van der Waals surface area contributed by atoms with Gasteiger partial charge >= 0.3 is 0 Å². The number of hydrogen-bond acceptors (Lipinski definition) is 6. The Morgan fingerprint density at radius 2 is 1.87 bits per heavy atom. The molecule has 0 unspecified atom stereocenters. The third-order valence-electron chi connectivity index (χ3n) is 6.48. The topological polar surface area (TPSA) is 138 Å². The molecule has 0 saturated carbocycles. The van der Waals surface area contributed by atoms with Gasteiger partial charge in [-0.2, -0.15) is 0 Å². The average molecular weight is 530 g/mol. The standard InChI is InChI=1S/C27H33F2N5O4/c1-26(2,31)24(36)33-20(15-38-21-10-9-18(28)13-19(21)29)23(35)34-12-11-22(30)27(16-34,25(37)32-3)14-17-7-5-4-6-8-17/h4-10,13,20,30H,11-12,14-16,31H2,1-3H3,(H,32,37)(H,33,36)/t20-,27-/m1/s1. The van der Waals surface area contributed by atoms with Gasteiger partial charge in [0.05, 0.1) is 5.54 Å². The van der Waals surface area contributed by atoms with E-state index in [9.17, 15) is 23.2 Å². The third kappa shape index (κ3) is 6.52. The molecular formula is C27H33F2N5O4. The molecule has 2 aromatic rings. The van der Waals surface area contributed by atoms with Gasteiger partial charge in [-0.05, 0) is 38.0 Å². The maximum Gasteiger partial charge on any atom is 0.248 e. The number of likely N-dealkylation sites (tertiary alicyclic amines) is 1. The quantitative estimate of drug-likeness (QED) is 0.393. The van der Waals surface area contributed by atoms with Crippen LogP contribution in [0.2, 0.25) is 0 Å². The van der Waals surface area contributed by atoms with Gasteiger partial charge in [0, 0.05) is 38.3 Å². The molecule has 1 heterocycles. The molecular weight excluding hydrogens is 496 g/mol. The maximum absolute atomic E-state index is 14.2. The number of rotatable bonds is 9. The van der Waals surface area contributed by atoms with Crippen molar-refractivity contribution < 1.29 is 27.9 Å². The van der Waals surface area contributed by atoms with E-state index in [4.69, 9.17) is 15.9 Å². The lowest BCUT2D eigenvalue weighted by molar-refractivity contribution is -0.141. The Labute approximate surface area is 220 Å². The lowest BCUT2D eigenvalue weighted by Crippen LogP contribution is -2.63. The molecule has 1 fully saturated rings. The summed E-state index contributed by atoms with van der Waals surface area (Å²) in [5.74, 6) is -3.69. The minimum absolute atomic E-state index is 0.109.